The van der Waals surface area contributed by atoms with E-state index in [1.54, 1.807) is 48.5 Å². The molecule has 310 valence electrons. The van der Waals surface area contributed by atoms with Gasteiger partial charge in [-0.05, 0) is 90.2 Å². The molecule has 0 saturated heterocycles. The lowest BCUT2D eigenvalue weighted by molar-refractivity contribution is 0.875. The van der Waals surface area contributed by atoms with Gasteiger partial charge in [-0.25, -0.2) is 22.6 Å². The molecule has 0 radical (unpaired) electrons. The second-order valence-corrected chi connectivity index (χ2v) is 16.0. The van der Waals surface area contributed by atoms with Crippen LogP contribution in [0.3, 0.4) is 0 Å². The van der Waals surface area contributed by atoms with E-state index in [4.69, 9.17) is 6.85 Å². The molecule has 10 aromatic rings. The fourth-order valence-electron chi connectivity index (χ4n) is 6.66. The number of rotatable bonds is 5. The molecular weight excluding hydrogens is 741 g/mol. The Hall–Kier alpha value is -6.55. The molecule has 10 aromatic heterocycles. The van der Waals surface area contributed by atoms with E-state index in [9.17, 15) is 0 Å². The Bertz CT molecular complexity index is 3120. The number of nitrogens with zero attached hydrogens (tertiary/aromatic N) is 10. The van der Waals surface area contributed by atoms with Gasteiger partial charge in [-0.1, -0.05) is 99.5 Å². The van der Waals surface area contributed by atoms with Crippen molar-refractivity contribution in [2.45, 2.75) is 98.8 Å². The summed E-state index contributed by atoms with van der Waals surface area (Å²) in [7, 11) is 0. The van der Waals surface area contributed by atoms with Gasteiger partial charge in [0.05, 0.1) is 65.4 Å². The molecule has 0 amide bonds. The van der Waals surface area contributed by atoms with Crippen LogP contribution in [-0.2, 0) is 0 Å². The van der Waals surface area contributed by atoms with Gasteiger partial charge in [0, 0.05) is 58.8 Å². The quantitative estimate of drug-likeness (QED) is 0.173. The summed E-state index contributed by atoms with van der Waals surface area (Å²) in [4.78, 5) is 0. The molecular formula is C50H60N10. The van der Waals surface area contributed by atoms with Crippen LogP contribution in [0.25, 0.3) is 27.6 Å². The zero-order valence-electron chi connectivity index (χ0n) is 41.4. The van der Waals surface area contributed by atoms with Crippen LogP contribution in [0.2, 0.25) is 0 Å². The molecule has 60 heavy (non-hydrogen) atoms. The van der Waals surface area contributed by atoms with E-state index in [0.29, 0.717) is 60.1 Å². The van der Waals surface area contributed by atoms with Crippen molar-refractivity contribution in [2.24, 2.45) is 0 Å². The summed E-state index contributed by atoms with van der Waals surface area (Å²) in [6.45, 7) is 21.2. The maximum atomic E-state index is 7.75. The highest BCUT2D eigenvalue weighted by atomic mass is 15.2. The Morgan fingerprint density at radius 1 is 0.367 bits per heavy atom. The molecule has 0 spiro atoms. The van der Waals surface area contributed by atoms with Crippen molar-refractivity contribution in [1.29, 1.82) is 0 Å². The third kappa shape index (κ3) is 10.2. The fraction of sp³-hybridized carbons (Fsp3) is 0.300. The average molecular weight is 811 g/mol. The number of aromatic nitrogens is 10. The van der Waals surface area contributed by atoms with E-state index in [1.807, 2.05) is 96.4 Å². The Balaban J connectivity index is 0.000000135. The first-order valence-corrected chi connectivity index (χ1v) is 20.6. The van der Waals surface area contributed by atoms with E-state index in [2.05, 4.69) is 94.7 Å². The molecule has 0 fully saturated rings. The largest absolute Gasteiger partial charge is 0.241 e. The van der Waals surface area contributed by atoms with Crippen LogP contribution < -0.4 is 0 Å². The Morgan fingerprint density at radius 2 is 0.783 bits per heavy atom. The molecule has 10 heteroatoms. The molecule has 10 rings (SSSR count). The smallest absolute Gasteiger partial charge is 0.0863 e. The predicted molar refractivity (Wildman–Crippen MR) is 246 cm³/mol. The lowest BCUT2D eigenvalue weighted by Crippen LogP contribution is -1.87. The molecule has 0 aliphatic rings. The summed E-state index contributed by atoms with van der Waals surface area (Å²) in [5.74, 6) is 2.17. The third-order valence-corrected chi connectivity index (χ3v) is 10.0. The Labute approximate surface area is 361 Å². The van der Waals surface area contributed by atoms with E-state index in [1.165, 1.54) is 16.7 Å². The van der Waals surface area contributed by atoms with Crippen LogP contribution in [0.15, 0.2) is 153 Å². The van der Waals surface area contributed by atoms with Crippen LogP contribution in [0.1, 0.15) is 133 Å². The predicted octanol–water partition coefficient (Wildman–Crippen LogP) is 12.3. The molecule has 10 nitrogen and oxygen atoms in total. The van der Waals surface area contributed by atoms with Crippen molar-refractivity contribution in [3.05, 3.63) is 181 Å². The first-order valence-electron chi connectivity index (χ1n) is 23.1. The van der Waals surface area contributed by atoms with Crippen molar-refractivity contribution in [3.63, 3.8) is 0 Å². The molecule has 0 atom stereocenters. The van der Waals surface area contributed by atoms with Gasteiger partial charge >= 0.3 is 0 Å². The zero-order chi connectivity index (χ0) is 47.1. The minimum atomic E-state index is 0.354. The second kappa shape index (κ2) is 19.9. The first-order chi connectivity index (χ1) is 31.0. The number of pyridine rings is 5. The summed E-state index contributed by atoms with van der Waals surface area (Å²) in [5, 5.41) is 20.9. The molecule has 0 aliphatic carbocycles. The summed E-state index contributed by atoms with van der Waals surface area (Å²) >= 11 is 0. The highest BCUT2D eigenvalue weighted by Gasteiger charge is 2.09. The molecule has 0 aliphatic heterocycles. The van der Waals surface area contributed by atoms with Gasteiger partial charge in [-0.2, -0.15) is 25.5 Å². The maximum Gasteiger partial charge on any atom is 0.0863 e. The van der Waals surface area contributed by atoms with Gasteiger partial charge in [0.25, 0.3) is 0 Å². The summed E-state index contributed by atoms with van der Waals surface area (Å²) in [6.07, 6.45) is 15.6. The van der Waals surface area contributed by atoms with Crippen LogP contribution in [0, 0.1) is 0 Å². The molecule has 10 heterocycles. The fourth-order valence-corrected chi connectivity index (χ4v) is 6.66. The van der Waals surface area contributed by atoms with Gasteiger partial charge in [0.1, 0.15) is 0 Å². The molecule has 0 bridgehead atoms. The third-order valence-electron chi connectivity index (χ3n) is 10.0. The molecule has 0 saturated carbocycles. The molecule has 0 aromatic carbocycles. The Kier molecular flexibility index (Phi) is 12.1. The monoisotopic (exact) mass is 811 g/mol. The van der Waals surface area contributed by atoms with Crippen molar-refractivity contribution < 1.29 is 6.85 Å². The second-order valence-electron chi connectivity index (χ2n) is 16.0. The number of fused-ring (bicyclic) bond motifs is 5. The lowest BCUT2D eigenvalue weighted by Gasteiger charge is -2.00. The van der Waals surface area contributed by atoms with Crippen molar-refractivity contribution in [3.8, 4) is 0 Å². The van der Waals surface area contributed by atoms with Crippen LogP contribution in [0.4, 0.5) is 0 Å². The van der Waals surface area contributed by atoms with Crippen LogP contribution in [-0.4, -0.2) is 48.1 Å². The zero-order valence-corrected chi connectivity index (χ0v) is 36.4. The van der Waals surface area contributed by atoms with Gasteiger partial charge in [-0.3, -0.25) is 0 Å². The topological polar surface area (TPSA) is 86.5 Å². The number of hydrogen-bond donors (Lipinski definition) is 0. The van der Waals surface area contributed by atoms with Gasteiger partial charge in [0.15, 0.2) is 0 Å². The first kappa shape index (κ1) is 36.5. The van der Waals surface area contributed by atoms with Crippen molar-refractivity contribution in [2.75, 3.05) is 0 Å². The Morgan fingerprint density at radius 3 is 1.38 bits per heavy atom. The lowest BCUT2D eigenvalue weighted by atomic mass is 10.1. The van der Waals surface area contributed by atoms with Gasteiger partial charge < -0.3 is 0 Å². The molecule has 0 N–H and O–H groups in total. The minimum absolute atomic E-state index is 0.354. The van der Waals surface area contributed by atoms with E-state index >= 15 is 0 Å². The molecule has 0 unspecified atom stereocenters. The standard InChI is InChI=1S/5C10H12N2/c5*1-8(2)9-7-11-12-6-4-3-5-10(9)12/h5*3-8H,1-2H3/i7T;6T;5T;4T;3T. The van der Waals surface area contributed by atoms with E-state index < -0.39 is 0 Å². The van der Waals surface area contributed by atoms with E-state index in [-0.39, 0.29) is 0 Å². The van der Waals surface area contributed by atoms with Gasteiger partial charge in [0.2, 0.25) is 0 Å². The van der Waals surface area contributed by atoms with E-state index in [0.717, 1.165) is 38.7 Å². The highest BCUT2D eigenvalue weighted by molar-refractivity contribution is 5.57. The minimum Gasteiger partial charge on any atom is -0.241 e. The normalized spacial score (nSPS) is 12.4. The summed E-state index contributed by atoms with van der Waals surface area (Å²) in [6, 6.07) is 24.1. The summed E-state index contributed by atoms with van der Waals surface area (Å²) < 4.78 is 46.8. The van der Waals surface area contributed by atoms with Crippen LogP contribution in [0.5, 0.6) is 0 Å². The van der Waals surface area contributed by atoms with Crippen molar-refractivity contribution in [1.82, 2.24) is 48.1 Å². The summed E-state index contributed by atoms with van der Waals surface area (Å²) in [5.41, 5.74) is 11.0. The van der Waals surface area contributed by atoms with Gasteiger partial charge in [-0.15, -0.1) is 0 Å². The number of hydrogen-bond acceptors (Lipinski definition) is 5. The SMILES string of the molecule is [3H]c1ccc2c(C(C)C)cnn2c1.[3H]c1cccc2c(C(C)C)cnn12.[3H]c1cccn2ncc(C(C)C)c12.[3H]c1ccn2ncc(C(C)C)c2c1.[3H]c1nn2ccccc2c1C(C)C. The average Bonchev–Trinajstić information content (AvgIpc) is 4.10. The highest BCUT2D eigenvalue weighted by Crippen LogP contribution is 2.22. The maximum absolute atomic E-state index is 7.75. The van der Waals surface area contributed by atoms with Crippen molar-refractivity contribution >= 4 is 27.6 Å². The van der Waals surface area contributed by atoms with Crippen LogP contribution >= 0.6 is 0 Å².